The third-order valence-corrected chi connectivity index (χ3v) is 3.03. The topological polar surface area (TPSA) is 52.6 Å². The molecule has 0 atom stereocenters. The Balaban J connectivity index is 0. The zero-order chi connectivity index (χ0) is 15.4. The molecule has 0 aromatic rings. The molecule has 4 nitrogen and oxygen atoms in total. The quantitative estimate of drug-likeness (QED) is 0.242. The van der Waals surface area contributed by atoms with Crippen molar-refractivity contribution in [1.29, 1.82) is 0 Å². The van der Waals surface area contributed by atoms with Crippen molar-refractivity contribution < 1.29 is 19.1 Å². The number of carbonyl (C=O) groups is 2. The predicted octanol–water partition coefficient (Wildman–Crippen LogP) is 2.34. The van der Waals surface area contributed by atoms with Gasteiger partial charge in [0, 0.05) is 11.1 Å². The van der Waals surface area contributed by atoms with E-state index in [4.69, 9.17) is 9.47 Å². The summed E-state index contributed by atoms with van der Waals surface area (Å²) in [7, 11) is 0. The zero-order valence-electron chi connectivity index (χ0n) is 13.3. The Morgan fingerprint density at radius 3 is 1.29 bits per heavy atom. The van der Waals surface area contributed by atoms with Crippen molar-refractivity contribution in [1.82, 2.24) is 0 Å². The van der Waals surface area contributed by atoms with Gasteiger partial charge < -0.3 is 9.47 Å². The number of hydrogen-bond donors (Lipinski definition) is 0. The third-order valence-electron chi connectivity index (χ3n) is 3.03. The van der Waals surface area contributed by atoms with Crippen LogP contribution in [-0.4, -0.2) is 49.1 Å². The molecular formula is C16H32O4Sn. The van der Waals surface area contributed by atoms with Gasteiger partial charge in [-0.2, -0.15) is 0 Å². The number of esters is 2. The average molecular weight is 407 g/mol. The van der Waals surface area contributed by atoms with Crippen molar-refractivity contribution in [2.24, 2.45) is 0 Å². The van der Waals surface area contributed by atoms with Crippen molar-refractivity contribution >= 4 is 35.8 Å². The first-order valence-corrected chi connectivity index (χ1v) is 7.68. The van der Waals surface area contributed by atoms with E-state index >= 15 is 0 Å². The van der Waals surface area contributed by atoms with E-state index < -0.39 is 0 Å². The van der Waals surface area contributed by atoms with E-state index in [9.17, 15) is 9.59 Å². The van der Waals surface area contributed by atoms with E-state index in [1.807, 2.05) is 27.7 Å². The SMILES string of the molecule is CCCCOC(=O)/C(CC)=C(/CC)C(=O)OCCCC.[SnH4]. The van der Waals surface area contributed by atoms with Crippen LogP contribution in [0.25, 0.3) is 0 Å². The molecule has 0 rings (SSSR count). The first kappa shape index (κ1) is 22.8. The first-order chi connectivity index (χ1) is 9.62. The second kappa shape index (κ2) is 14.4. The predicted molar refractivity (Wildman–Crippen MR) is 90.7 cm³/mol. The van der Waals surface area contributed by atoms with Crippen molar-refractivity contribution in [3.63, 3.8) is 0 Å². The summed E-state index contributed by atoms with van der Waals surface area (Å²) in [5.41, 5.74) is 0.898. The van der Waals surface area contributed by atoms with Crippen LogP contribution in [0.5, 0.6) is 0 Å². The van der Waals surface area contributed by atoms with E-state index in [1.54, 1.807) is 0 Å². The van der Waals surface area contributed by atoms with Gasteiger partial charge in [-0.15, -0.1) is 0 Å². The molecule has 0 aromatic carbocycles. The maximum absolute atomic E-state index is 12.0. The molecule has 0 heterocycles. The number of unbranched alkanes of at least 4 members (excludes halogenated alkanes) is 2. The Labute approximate surface area is 145 Å². The van der Waals surface area contributed by atoms with Gasteiger partial charge in [0.15, 0.2) is 0 Å². The summed E-state index contributed by atoms with van der Waals surface area (Å²) in [6.07, 6.45) is 4.58. The average Bonchev–Trinajstić information content (AvgIpc) is 2.44. The van der Waals surface area contributed by atoms with E-state index in [0.29, 0.717) is 37.2 Å². The van der Waals surface area contributed by atoms with Crippen molar-refractivity contribution in [3.8, 4) is 0 Å². The van der Waals surface area contributed by atoms with Crippen LogP contribution in [0.2, 0.25) is 0 Å². The molecule has 0 spiro atoms. The molecule has 0 bridgehead atoms. The van der Waals surface area contributed by atoms with E-state index in [2.05, 4.69) is 0 Å². The summed E-state index contributed by atoms with van der Waals surface area (Å²) >= 11 is 0. The summed E-state index contributed by atoms with van der Waals surface area (Å²) in [6, 6.07) is 0. The van der Waals surface area contributed by atoms with Gasteiger partial charge in [0.1, 0.15) is 0 Å². The van der Waals surface area contributed by atoms with Gasteiger partial charge in [0.05, 0.1) is 13.2 Å². The fraction of sp³-hybridized carbons (Fsp3) is 0.750. The van der Waals surface area contributed by atoms with Crippen LogP contribution in [0.4, 0.5) is 0 Å². The Morgan fingerprint density at radius 1 is 0.714 bits per heavy atom. The second-order valence-corrected chi connectivity index (χ2v) is 4.64. The summed E-state index contributed by atoms with van der Waals surface area (Å²) in [6.45, 7) is 8.58. The molecule has 0 aromatic heterocycles. The molecule has 0 unspecified atom stereocenters. The Morgan fingerprint density at radius 2 is 1.05 bits per heavy atom. The van der Waals surface area contributed by atoms with E-state index in [-0.39, 0.29) is 35.8 Å². The van der Waals surface area contributed by atoms with Crippen LogP contribution in [0, 0.1) is 0 Å². The molecule has 0 N–H and O–H groups in total. The van der Waals surface area contributed by atoms with Crippen LogP contribution in [0.3, 0.4) is 0 Å². The molecule has 0 saturated heterocycles. The van der Waals surface area contributed by atoms with E-state index in [1.165, 1.54) is 0 Å². The third kappa shape index (κ3) is 9.17. The number of carbonyl (C=O) groups excluding carboxylic acids is 2. The molecule has 0 amide bonds. The molecule has 21 heavy (non-hydrogen) atoms. The van der Waals surface area contributed by atoms with E-state index in [0.717, 1.165) is 25.7 Å². The van der Waals surface area contributed by atoms with Crippen LogP contribution in [0.1, 0.15) is 66.2 Å². The van der Waals surface area contributed by atoms with Crippen molar-refractivity contribution in [2.75, 3.05) is 13.2 Å². The molecule has 0 fully saturated rings. The molecule has 0 radical (unpaired) electrons. The number of hydrogen-bond acceptors (Lipinski definition) is 4. The van der Waals surface area contributed by atoms with Gasteiger partial charge in [0.25, 0.3) is 0 Å². The van der Waals surface area contributed by atoms with Gasteiger partial charge in [-0.25, -0.2) is 9.59 Å². The normalized spacial score (nSPS) is 11.2. The molecule has 0 aliphatic heterocycles. The van der Waals surface area contributed by atoms with Gasteiger partial charge in [-0.3, -0.25) is 0 Å². The van der Waals surface area contributed by atoms with Crippen LogP contribution < -0.4 is 0 Å². The second-order valence-electron chi connectivity index (χ2n) is 4.64. The Hall–Kier alpha value is -0.521. The molecule has 5 heteroatoms. The summed E-state index contributed by atoms with van der Waals surface area (Å²) in [4.78, 5) is 24.0. The van der Waals surface area contributed by atoms with Crippen LogP contribution in [0.15, 0.2) is 11.1 Å². The molecule has 0 aliphatic rings. The van der Waals surface area contributed by atoms with Gasteiger partial charge in [-0.05, 0) is 25.7 Å². The minimum atomic E-state index is -0.384. The van der Waals surface area contributed by atoms with Crippen molar-refractivity contribution in [3.05, 3.63) is 11.1 Å². The first-order valence-electron chi connectivity index (χ1n) is 7.68. The van der Waals surface area contributed by atoms with Crippen LogP contribution in [-0.2, 0) is 19.1 Å². The van der Waals surface area contributed by atoms with Gasteiger partial charge >= 0.3 is 35.8 Å². The molecule has 0 aliphatic carbocycles. The summed E-state index contributed by atoms with van der Waals surface area (Å²) in [5, 5.41) is 0. The number of ether oxygens (including phenoxy) is 2. The fourth-order valence-electron chi connectivity index (χ4n) is 1.75. The monoisotopic (exact) mass is 408 g/mol. The maximum atomic E-state index is 12.0. The zero-order valence-corrected chi connectivity index (χ0v) is 13.3. The molecule has 124 valence electrons. The molecular weight excluding hydrogens is 375 g/mol. The Kier molecular flexibility index (Phi) is 15.6. The standard InChI is InChI=1S/C16H28O4.Sn.4H/c1-5-9-11-19-15(17)13(7-3)14(8-4)16(18)20-12-10-6-2;;;;;/h5-12H2,1-4H3;;;;;/b14-13-;;;;;. The Bertz CT molecular complexity index is 305. The summed E-state index contributed by atoms with van der Waals surface area (Å²) in [5.74, 6) is -0.768. The molecule has 0 saturated carbocycles. The fourth-order valence-corrected chi connectivity index (χ4v) is 1.75. The van der Waals surface area contributed by atoms with Crippen molar-refractivity contribution in [2.45, 2.75) is 66.2 Å². The minimum absolute atomic E-state index is 0. The van der Waals surface area contributed by atoms with Gasteiger partial charge in [0.2, 0.25) is 0 Å². The summed E-state index contributed by atoms with van der Waals surface area (Å²) < 4.78 is 10.4. The van der Waals surface area contributed by atoms with Crippen LogP contribution >= 0.6 is 0 Å². The number of rotatable bonds is 10. The van der Waals surface area contributed by atoms with Gasteiger partial charge in [-0.1, -0.05) is 40.5 Å².